The topological polar surface area (TPSA) is 287 Å². The number of oxime groups is 1. The number of nitrogen functional groups attached to an aromatic ring is 1. The Hall–Kier alpha value is -5.34. The number of aromatic nitrogens is 2. The Kier molecular flexibility index (Phi) is 9.72. The molecule has 0 radical (unpaired) electrons. The van der Waals surface area contributed by atoms with Gasteiger partial charge >= 0.3 is 11.9 Å². The number of nitrogens with zero attached hydrogens (tertiary/aromatic N) is 3. The number of rotatable bonds is 11. The minimum absolute atomic E-state index is 0.00618. The third kappa shape index (κ3) is 6.39. The third-order valence-corrected chi connectivity index (χ3v) is 10.1. The van der Waals surface area contributed by atoms with Crippen molar-refractivity contribution in [1.82, 2.24) is 25.5 Å². The third-order valence-electron chi connectivity index (χ3n) is 7.79. The molecule has 1 saturated heterocycles. The van der Waals surface area contributed by atoms with Gasteiger partial charge in [-0.2, -0.15) is 0 Å². The number of H-pyrrole nitrogens is 1. The molecule has 264 valence electrons. The van der Waals surface area contributed by atoms with Crippen LogP contribution in [0, 0.1) is 0 Å². The van der Waals surface area contributed by atoms with Gasteiger partial charge in [-0.25, -0.2) is 14.6 Å². The van der Waals surface area contributed by atoms with E-state index >= 15 is 0 Å². The number of carbonyl (C=O) groups is 5. The van der Waals surface area contributed by atoms with Crippen LogP contribution in [0.1, 0.15) is 43.2 Å². The van der Waals surface area contributed by atoms with Crippen LogP contribution in [-0.2, 0) is 24.0 Å². The zero-order chi connectivity index (χ0) is 36.8. The van der Waals surface area contributed by atoms with E-state index in [1.54, 1.807) is 6.92 Å². The largest absolute Gasteiger partial charge is 0.504 e. The first-order valence-corrected chi connectivity index (χ1v) is 16.8. The van der Waals surface area contributed by atoms with Gasteiger partial charge < -0.3 is 46.6 Å². The summed E-state index contributed by atoms with van der Waals surface area (Å²) in [7, 11) is 0. The molecule has 2 aliphatic heterocycles. The molecule has 50 heavy (non-hydrogen) atoms. The van der Waals surface area contributed by atoms with Gasteiger partial charge in [0.05, 0.1) is 22.0 Å². The molecule has 2 aliphatic rings. The number of hydrogen-bond donors (Lipinski definition) is 8. The number of aromatic hydroxyl groups is 2. The number of aromatic amines is 1. The smallest absolute Gasteiger partial charge is 0.352 e. The van der Waals surface area contributed by atoms with Gasteiger partial charge in [-0.3, -0.25) is 24.1 Å². The quantitative estimate of drug-likeness (QED) is 0.0591. The second-order valence-corrected chi connectivity index (χ2v) is 13.8. The lowest BCUT2D eigenvalue weighted by atomic mass is 9.97. The Bertz CT molecular complexity index is 2090. The van der Waals surface area contributed by atoms with Crippen molar-refractivity contribution in [3.8, 4) is 11.5 Å². The Morgan fingerprint density at radius 1 is 1.26 bits per heavy atom. The Morgan fingerprint density at radius 2 is 1.96 bits per heavy atom. The number of aliphatic carboxylic acids is 2. The van der Waals surface area contributed by atoms with E-state index in [2.05, 4.69) is 25.8 Å². The number of fused-ring (bicyclic) bond motifs is 2. The highest BCUT2D eigenvalue weighted by atomic mass is 35.5. The fourth-order valence-electron chi connectivity index (χ4n) is 5.07. The number of hydrogen-bond acceptors (Lipinski definition) is 14. The molecule has 1 aromatic carbocycles. The molecule has 5 rings (SSSR count). The molecular weight excluding hydrogens is 722 g/mol. The fourth-order valence-corrected chi connectivity index (χ4v) is 7.33. The van der Waals surface area contributed by atoms with Crippen LogP contribution in [0.25, 0.3) is 10.9 Å². The molecule has 18 nitrogen and oxygen atoms in total. The van der Waals surface area contributed by atoms with E-state index in [0.717, 1.165) is 40.3 Å². The van der Waals surface area contributed by atoms with E-state index < -0.39 is 91.6 Å². The van der Waals surface area contributed by atoms with Crippen molar-refractivity contribution >= 4 is 86.1 Å². The normalized spacial score (nSPS) is 18.3. The Balaban J connectivity index is 1.39. The molecule has 0 spiro atoms. The van der Waals surface area contributed by atoms with Gasteiger partial charge in [0.1, 0.15) is 28.4 Å². The van der Waals surface area contributed by atoms with Gasteiger partial charge in [-0.1, -0.05) is 23.7 Å². The number of phenols is 2. The first-order valence-electron chi connectivity index (χ1n) is 14.5. The van der Waals surface area contributed by atoms with Crippen molar-refractivity contribution in [2.75, 3.05) is 11.5 Å². The van der Waals surface area contributed by atoms with E-state index in [0.29, 0.717) is 0 Å². The molecule has 3 atom stereocenters. The van der Waals surface area contributed by atoms with Crippen LogP contribution in [0.3, 0.4) is 0 Å². The lowest BCUT2D eigenvalue weighted by molar-refractivity contribution is -0.161. The minimum atomic E-state index is -1.83. The number of β-lactam (4-membered cyclic amide) rings is 1. The average molecular weight is 750 g/mol. The molecule has 2 unspecified atom stereocenters. The van der Waals surface area contributed by atoms with Gasteiger partial charge in [0.2, 0.25) is 11.0 Å². The molecule has 9 N–H and O–H groups in total. The second kappa shape index (κ2) is 13.5. The molecule has 0 aliphatic carbocycles. The highest BCUT2D eigenvalue weighted by molar-refractivity contribution is 8.00. The van der Waals surface area contributed by atoms with Gasteiger partial charge in [0, 0.05) is 23.4 Å². The molecule has 0 bridgehead atoms. The lowest BCUT2D eigenvalue weighted by Crippen LogP contribution is -2.71. The zero-order valence-electron chi connectivity index (χ0n) is 26.1. The summed E-state index contributed by atoms with van der Waals surface area (Å²) < 4.78 is 0. The monoisotopic (exact) mass is 749 g/mol. The van der Waals surface area contributed by atoms with Crippen LogP contribution in [0.15, 0.2) is 38.9 Å². The molecular formula is C29H28ClN7O11S2. The number of anilines is 1. The molecule has 3 amide bonds. The maximum absolute atomic E-state index is 13.4. The van der Waals surface area contributed by atoms with E-state index in [4.69, 9.17) is 22.2 Å². The van der Waals surface area contributed by atoms with Gasteiger partial charge in [-0.05, 0) is 25.8 Å². The average Bonchev–Trinajstić information content (AvgIpc) is 3.49. The van der Waals surface area contributed by atoms with Crippen molar-refractivity contribution in [3.63, 3.8) is 0 Å². The molecule has 0 saturated carbocycles. The number of carboxylic acid groups (broad SMARTS) is 2. The van der Waals surface area contributed by atoms with Crippen molar-refractivity contribution in [2.24, 2.45) is 5.16 Å². The molecule has 2 aromatic heterocycles. The van der Waals surface area contributed by atoms with Gasteiger partial charge in [0.25, 0.3) is 17.7 Å². The number of thiazole rings is 1. The number of nitrogens with two attached hydrogens (primary N) is 1. The van der Waals surface area contributed by atoms with E-state index in [1.165, 1.54) is 19.2 Å². The summed E-state index contributed by atoms with van der Waals surface area (Å²) in [5, 5.41) is 48.0. The minimum Gasteiger partial charge on any atom is -0.504 e. The maximum atomic E-state index is 13.4. The van der Waals surface area contributed by atoms with Crippen molar-refractivity contribution in [1.29, 1.82) is 0 Å². The van der Waals surface area contributed by atoms with Gasteiger partial charge in [0.15, 0.2) is 22.3 Å². The summed E-state index contributed by atoms with van der Waals surface area (Å²) in [5.41, 5.74) is 1.84. The number of amides is 3. The summed E-state index contributed by atoms with van der Waals surface area (Å²) in [6.45, 7) is 4.05. The van der Waals surface area contributed by atoms with Crippen molar-refractivity contribution < 1.29 is 49.2 Å². The number of pyridine rings is 1. The van der Waals surface area contributed by atoms with E-state index in [1.807, 2.05) is 0 Å². The maximum Gasteiger partial charge on any atom is 0.352 e. The number of benzene rings is 1. The van der Waals surface area contributed by atoms with Crippen LogP contribution in [0.4, 0.5) is 5.13 Å². The number of carbonyl (C=O) groups excluding carboxylic acids is 3. The standard InChI is InChI=1S/C29H28ClN7O11S2/c1-4-11(33-22(41)9-6-32-12-5-14(38)21(40)16(30)15(12)20(9)39)10-7-49-25-18(24(43)37(25)19(10)26(44)45)35-23(42)17(13-8-50-28(31)34-13)36-48-29(2,3)27(46)47/h5-6,8,11,18,25,38,40H,4,7H2,1-3H3,(H2,31,34)(H,32,39)(H,33,41)(H,35,42)(H,44,45)(H,46,47)/b36-17-/t11?,18?,25-/m0/s1. The summed E-state index contributed by atoms with van der Waals surface area (Å²) in [6, 6.07) is -1.14. The highest BCUT2D eigenvalue weighted by Crippen LogP contribution is 2.42. The van der Waals surface area contributed by atoms with Crippen LogP contribution < -0.4 is 21.8 Å². The van der Waals surface area contributed by atoms with E-state index in [9.17, 15) is 49.2 Å². The van der Waals surface area contributed by atoms with E-state index in [-0.39, 0.29) is 39.5 Å². The van der Waals surface area contributed by atoms with Crippen LogP contribution in [0.5, 0.6) is 11.5 Å². The van der Waals surface area contributed by atoms with Crippen molar-refractivity contribution in [2.45, 2.75) is 50.3 Å². The number of thioether (sulfide) groups is 1. The molecule has 4 heterocycles. The number of nitrogens with one attached hydrogen (secondary N) is 3. The van der Waals surface area contributed by atoms with Crippen LogP contribution in [0.2, 0.25) is 5.02 Å². The predicted molar refractivity (Wildman–Crippen MR) is 180 cm³/mol. The Labute approximate surface area is 293 Å². The number of phenolic OH excluding ortho intramolecular Hbond substituents is 2. The Morgan fingerprint density at radius 3 is 2.56 bits per heavy atom. The first-order chi connectivity index (χ1) is 23.5. The SMILES string of the molecule is CCC(NC(=O)c1c[nH]c2cc(O)c(O)c(Cl)c2c1=O)C1=C(C(=O)O)N2C(=O)C(NC(=O)/C(=N\OC(C)(C)C(=O)O)c3csc(N)n3)[C@@H]2SC1. The summed E-state index contributed by atoms with van der Waals surface area (Å²) in [6.07, 6.45) is 1.23. The molecule has 1 fully saturated rings. The first kappa shape index (κ1) is 36.0. The highest BCUT2D eigenvalue weighted by Gasteiger charge is 2.55. The second-order valence-electron chi connectivity index (χ2n) is 11.4. The number of halogens is 1. The van der Waals surface area contributed by atoms with Crippen molar-refractivity contribution in [3.05, 3.63) is 55.4 Å². The predicted octanol–water partition coefficient (Wildman–Crippen LogP) is 1.16. The summed E-state index contributed by atoms with van der Waals surface area (Å²) in [4.78, 5) is 90.1. The molecule has 21 heteroatoms. The summed E-state index contributed by atoms with van der Waals surface area (Å²) in [5.74, 6) is -6.86. The lowest BCUT2D eigenvalue weighted by Gasteiger charge is -2.50. The van der Waals surface area contributed by atoms with Crippen LogP contribution >= 0.6 is 34.7 Å². The fraction of sp³-hybridized carbons (Fsp3) is 0.310. The summed E-state index contributed by atoms with van der Waals surface area (Å²) >= 11 is 8.14. The number of carboxylic acids is 2. The van der Waals surface area contributed by atoms with Crippen LogP contribution in [-0.4, -0.2) is 99.5 Å². The van der Waals surface area contributed by atoms with Gasteiger partial charge in [-0.15, -0.1) is 23.1 Å². The molecule has 3 aromatic rings. The zero-order valence-corrected chi connectivity index (χ0v) is 28.5.